The van der Waals surface area contributed by atoms with E-state index >= 15 is 0 Å². The summed E-state index contributed by atoms with van der Waals surface area (Å²) < 4.78 is 5.68. The Balaban J connectivity index is 1.97. The SMILES string of the molecule is CCOc1ccccc1C(C)NC1CCC(O)CC1. The molecule has 19 heavy (non-hydrogen) atoms. The van der Waals surface area contributed by atoms with E-state index in [9.17, 15) is 5.11 Å². The zero-order valence-corrected chi connectivity index (χ0v) is 11.9. The summed E-state index contributed by atoms with van der Waals surface area (Å²) in [5.41, 5.74) is 1.22. The molecule has 1 saturated carbocycles. The van der Waals surface area contributed by atoms with Gasteiger partial charge in [0, 0.05) is 17.6 Å². The first kappa shape index (κ1) is 14.4. The van der Waals surface area contributed by atoms with Crippen molar-refractivity contribution in [1.29, 1.82) is 0 Å². The number of ether oxygens (including phenoxy) is 1. The second-order valence-corrected chi connectivity index (χ2v) is 5.36. The molecule has 0 spiro atoms. The third kappa shape index (κ3) is 3.95. The fourth-order valence-electron chi connectivity index (χ4n) is 2.81. The summed E-state index contributed by atoms with van der Waals surface area (Å²) in [6.45, 7) is 4.89. The Bertz CT molecular complexity index is 386. The third-order valence-electron chi connectivity index (χ3n) is 3.87. The molecule has 0 aromatic heterocycles. The Hall–Kier alpha value is -1.06. The number of para-hydroxylation sites is 1. The molecule has 1 atom stereocenters. The van der Waals surface area contributed by atoms with Gasteiger partial charge >= 0.3 is 0 Å². The summed E-state index contributed by atoms with van der Waals surface area (Å²) in [6.07, 6.45) is 3.85. The van der Waals surface area contributed by atoms with Crippen LogP contribution in [0.15, 0.2) is 24.3 Å². The number of nitrogens with one attached hydrogen (secondary N) is 1. The topological polar surface area (TPSA) is 41.5 Å². The zero-order chi connectivity index (χ0) is 13.7. The fourth-order valence-corrected chi connectivity index (χ4v) is 2.81. The normalized spacial score (nSPS) is 25.0. The Labute approximate surface area is 116 Å². The van der Waals surface area contributed by atoms with Gasteiger partial charge in [0.2, 0.25) is 0 Å². The minimum atomic E-state index is -0.0935. The smallest absolute Gasteiger partial charge is 0.124 e. The van der Waals surface area contributed by atoms with E-state index in [2.05, 4.69) is 24.4 Å². The van der Waals surface area contributed by atoms with Crippen molar-refractivity contribution in [3.63, 3.8) is 0 Å². The molecule has 0 aliphatic heterocycles. The van der Waals surface area contributed by atoms with Crippen LogP contribution in [0.2, 0.25) is 0 Å². The van der Waals surface area contributed by atoms with E-state index in [1.165, 1.54) is 5.56 Å². The van der Waals surface area contributed by atoms with Gasteiger partial charge in [0.25, 0.3) is 0 Å². The second kappa shape index (κ2) is 6.92. The van der Waals surface area contributed by atoms with Crippen molar-refractivity contribution in [2.45, 2.75) is 57.7 Å². The van der Waals surface area contributed by atoms with Crippen LogP contribution in [0.25, 0.3) is 0 Å². The maximum Gasteiger partial charge on any atom is 0.124 e. The number of hydrogen-bond donors (Lipinski definition) is 2. The van der Waals surface area contributed by atoms with Gasteiger partial charge < -0.3 is 15.2 Å². The molecule has 0 radical (unpaired) electrons. The summed E-state index contributed by atoms with van der Waals surface area (Å²) >= 11 is 0. The van der Waals surface area contributed by atoms with Gasteiger partial charge in [-0.15, -0.1) is 0 Å². The highest BCUT2D eigenvalue weighted by Gasteiger charge is 2.21. The average molecular weight is 263 g/mol. The van der Waals surface area contributed by atoms with Gasteiger partial charge in [0.1, 0.15) is 5.75 Å². The van der Waals surface area contributed by atoms with Gasteiger partial charge in [-0.2, -0.15) is 0 Å². The van der Waals surface area contributed by atoms with Gasteiger partial charge in [0.15, 0.2) is 0 Å². The molecule has 106 valence electrons. The minimum Gasteiger partial charge on any atom is -0.494 e. The van der Waals surface area contributed by atoms with Crippen molar-refractivity contribution in [3.05, 3.63) is 29.8 Å². The predicted molar refractivity (Wildman–Crippen MR) is 77.4 cm³/mol. The standard InChI is InChI=1S/C16H25NO2/c1-3-19-16-7-5-4-6-15(16)12(2)17-13-8-10-14(18)11-9-13/h4-7,12-14,17-18H,3,8-11H2,1-2H3. The van der Waals surface area contributed by atoms with E-state index in [4.69, 9.17) is 4.74 Å². The summed E-state index contributed by atoms with van der Waals surface area (Å²) in [7, 11) is 0. The molecule has 3 nitrogen and oxygen atoms in total. The van der Waals surface area contributed by atoms with Gasteiger partial charge in [0.05, 0.1) is 12.7 Å². The molecule has 3 heteroatoms. The molecule has 2 N–H and O–H groups in total. The molecule has 1 unspecified atom stereocenters. The van der Waals surface area contributed by atoms with Crippen molar-refractivity contribution in [3.8, 4) is 5.75 Å². The lowest BCUT2D eigenvalue weighted by Crippen LogP contribution is -2.36. The van der Waals surface area contributed by atoms with Crippen LogP contribution in [0.1, 0.15) is 51.1 Å². The number of hydrogen-bond acceptors (Lipinski definition) is 3. The van der Waals surface area contributed by atoms with Crippen LogP contribution in [0.4, 0.5) is 0 Å². The van der Waals surface area contributed by atoms with Crippen LogP contribution in [0.5, 0.6) is 5.75 Å². The lowest BCUT2D eigenvalue weighted by Gasteiger charge is -2.29. The molecule has 2 rings (SSSR count). The highest BCUT2D eigenvalue weighted by atomic mass is 16.5. The first-order chi connectivity index (χ1) is 9.20. The van der Waals surface area contributed by atoms with Gasteiger partial charge in [-0.25, -0.2) is 0 Å². The number of aliphatic hydroxyl groups excluding tert-OH is 1. The van der Waals surface area contributed by atoms with Crippen molar-refractivity contribution in [1.82, 2.24) is 5.32 Å². The minimum absolute atomic E-state index is 0.0935. The van der Waals surface area contributed by atoms with Crippen LogP contribution in [-0.2, 0) is 0 Å². The summed E-state index contributed by atoms with van der Waals surface area (Å²) in [5.74, 6) is 0.973. The maximum atomic E-state index is 9.54. The molecule has 1 aliphatic rings. The fraction of sp³-hybridized carbons (Fsp3) is 0.625. The van der Waals surface area contributed by atoms with Crippen molar-refractivity contribution < 1.29 is 9.84 Å². The zero-order valence-electron chi connectivity index (χ0n) is 11.9. The first-order valence-corrected chi connectivity index (χ1v) is 7.36. The van der Waals surface area contributed by atoms with Crippen LogP contribution >= 0.6 is 0 Å². The van der Waals surface area contributed by atoms with E-state index in [1.807, 2.05) is 19.1 Å². The molecular weight excluding hydrogens is 238 g/mol. The number of rotatable bonds is 5. The molecular formula is C16H25NO2. The average Bonchev–Trinajstić information content (AvgIpc) is 2.42. The molecule has 1 fully saturated rings. The second-order valence-electron chi connectivity index (χ2n) is 5.36. The monoisotopic (exact) mass is 263 g/mol. The molecule has 1 aromatic rings. The van der Waals surface area contributed by atoms with Crippen LogP contribution in [-0.4, -0.2) is 23.9 Å². The van der Waals surface area contributed by atoms with Crippen LogP contribution in [0, 0.1) is 0 Å². The largest absolute Gasteiger partial charge is 0.494 e. The predicted octanol–water partition coefficient (Wildman–Crippen LogP) is 3.04. The number of aliphatic hydroxyl groups is 1. The lowest BCUT2D eigenvalue weighted by molar-refractivity contribution is 0.114. The van der Waals surface area contributed by atoms with Crippen molar-refractivity contribution in [2.75, 3.05) is 6.61 Å². The summed E-state index contributed by atoms with van der Waals surface area (Å²) in [6, 6.07) is 9.01. The molecule has 0 saturated heterocycles. The van der Waals surface area contributed by atoms with Gasteiger partial charge in [-0.05, 0) is 45.6 Å². The van der Waals surface area contributed by atoms with Crippen molar-refractivity contribution >= 4 is 0 Å². The maximum absolute atomic E-state index is 9.54. The third-order valence-corrected chi connectivity index (χ3v) is 3.87. The molecule has 0 amide bonds. The Morgan fingerprint density at radius 1 is 1.26 bits per heavy atom. The van der Waals surface area contributed by atoms with E-state index < -0.39 is 0 Å². The quantitative estimate of drug-likeness (QED) is 0.858. The van der Waals surface area contributed by atoms with E-state index in [0.717, 1.165) is 31.4 Å². The number of benzene rings is 1. The highest BCUT2D eigenvalue weighted by molar-refractivity contribution is 5.35. The van der Waals surface area contributed by atoms with Gasteiger partial charge in [-0.1, -0.05) is 18.2 Å². The first-order valence-electron chi connectivity index (χ1n) is 7.36. The highest BCUT2D eigenvalue weighted by Crippen LogP contribution is 2.27. The van der Waals surface area contributed by atoms with Crippen molar-refractivity contribution in [2.24, 2.45) is 0 Å². The molecule has 1 aromatic carbocycles. The Morgan fingerprint density at radius 3 is 2.63 bits per heavy atom. The molecule has 0 bridgehead atoms. The lowest BCUT2D eigenvalue weighted by atomic mass is 9.92. The Morgan fingerprint density at radius 2 is 1.95 bits per heavy atom. The van der Waals surface area contributed by atoms with Crippen LogP contribution < -0.4 is 10.1 Å². The molecule has 1 aliphatic carbocycles. The summed E-state index contributed by atoms with van der Waals surface area (Å²) in [4.78, 5) is 0. The van der Waals surface area contributed by atoms with Gasteiger partial charge in [-0.3, -0.25) is 0 Å². The van der Waals surface area contributed by atoms with E-state index in [-0.39, 0.29) is 12.1 Å². The van der Waals surface area contributed by atoms with Crippen LogP contribution in [0.3, 0.4) is 0 Å². The summed E-state index contributed by atoms with van der Waals surface area (Å²) in [5, 5.41) is 13.2. The van der Waals surface area contributed by atoms with E-state index in [1.54, 1.807) is 0 Å². The Kier molecular flexibility index (Phi) is 5.23. The van der Waals surface area contributed by atoms with E-state index in [0.29, 0.717) is 12.6 Å². The molecule has 0 heterocycles.